The van der Waals surface area contributed by atoms with Gasteiger partial charge in [-0.1, -0.05) is 60.7 Å². The molecule has 1 aliphatic heterocycles. The van der Waals surface area contributed by atoms with E-state index in [1.165, 1.54) is 17.0 Å². The van der Waals surface area contributed by atoms with Crippen molar-refractivity contribution in [2.75, 3.05) is 11.9 Å². The number of nitrogens with zero attached hydrogens (tertiary/aromatic N) is 2. The Hall–Kier alpha value is -4.00. The van der Waals surface area contributed by atoms with Crippen molar-refractivity contribution in [2.45, 2.75) is 12.7 Å². The smallest absolute Gasteiger partial charge is 0.317 e. The van der Waals surface area contributed by atoms with Crippen LogP contribution in [0.5, 0.6) is 0 Å². The highest BCUT2D eigenvalue weighted by Gasteiger charge is 2.30. The molecule has 0 bridgehead atoms. The average molecular weight is 416 g/mol. The Balaban J connectivity index is 1.61. The summed E-state index contributed by atoms with van der Waals surface area (Å²) in [6.07, 6.45) is -1.11. The molecule has 31 heavy (non-hydrogen) atoms. The molecule has 0 aliphatic carbocycles. The van der Waals surface area contributed by atoms with Gasteiger partial charge in [-0.3, -0.25) is 4.79 Å². The number of rotatable bonds is 4. The van der Waals surface area contributed by atoms with Crippen LogP contribution in [0, 0.1) is 5.82 Å². The quantitative estimate of drug-likeness (QED) is 0.684. The molecule has 156 valence electrons. The third kappa shape index (κ3) is 4.45. The highest BCUT2D eigenvalue weighted by Crippen LogP contribution is 2.27. The van der Waals surface area contributed by atoms with Crippen molar-refractivity contribution in [3.05, 3.63) is 101 Å². The molecule has 7 heteroatoms. The lowest BCUT2D eigenvalue weighted by molar-refractivity contribution is -0.119. The van der Waals surface area contributed by atoms with Crippen LogP contribution in [0.1, 0.15) is 16.7 Å². The predicted molar refractivity (Wildman–Crippen MR) is 117 cm³/mol. The van der Waals surface area contributed by atoms with Crippen LogP contribution in [0.4, 0.5) is 14.9 Å². The zero-order valence-electron chi connectivity index (χ0n) is 16.9. The van der Waals surface area contributed by atoms with Crippen molar-refractivity contribution in [1.29, 1.82) is 0 Å². The topological polar surface area (TPSA) is 73.8 Å². The maximum atomic E-state index is 13.3. The standard InChI is InChI=1S/C24H21FN4O2/c1-29-20-13-6-5-12-19(20)21(17-9-3-2-4-10-17)27-22(23(29)30)28-24(31)26-15-16-8-7-11-18(25)14-16/h2-14,22H,15H2,1H3,(H2,26,28,31)/t22-/m0/s1. The van der Waals surface area contributed by atoms with Gasteiger partial charge in [0, 0.05) is 24.7 Å². The van der Waals surface area contributed by atoms with E-state index < -0.39 is 12.2 Å². The van der Waals surface area contributed by atoms with E-state index in [9.17, 15) is 14.0 Å². The monoisotopic (exact) mass is 416 g/mol. The summed E-state index contributed by atoms with van der Waals surface area (Å²) in [6.45, 7) is 0.121. The van der Waals surface area contributed by atoms with Crippen LogP contribution >= 0.6 is 0 Å². The average Bonchev–Trinajstić information content (AvgIpc) is 2.89. The predicted octanol–water partition coefficient (Wildman–Crippen LogP) is 3.47. The molecule has 0 spiro atoms. The second kappa shape index (κ2) is 8.79. The van der Waals surface area contributed by atoms with Crippen molar-refractivity contribution in [3.8, 4) is 0 Å². The molecule has 0 unspecified atom stereocenters. The summed E-state index contributed by atoms with van der Waals surface area (Å²) in [5, 5.41) is 5.28. The Bertz CT molecular complexity index is 1150. The second-order valence-electron chi connectivity index (χ2n) is 7.12. The molecule has 0 radical (unpaired) electrons. The summed E-state index contributed by atoms with van der Waals surface area (Å²) in [7, 11) is 1.66. The zero-order chi connectivity index (χ0) is 21.8. The Morgan fingerprint density at radius 2 is 1.77 bits per heavy atom. The number of hydrogen-bond donors (Lipinski definition) is 2. The molecular formula is C24H21FN4O2. The van der Waals surface area contributed by atoms with E-state index in [0.717, 1.165) is 11.1 Å². The van der Waals surface area contributed by atoms with Crippen LogP contribution in [-0.4, -0.2) is 30.9 Å². The number of nitrogens with one attached hydrogen (secondary N) is 2. The van der Waals surface area contributed by atoms with Crippen LogP contribution in [0.3, 0.4) is 0 Å². The third-order valence-electron chi connectivity index (χ3n) is 5.00. The molecule has 3 aromatic rings. The van der Waals surface area contributed by atoms with E-state index in [2.05, 4.69) is 15.6 Å². The number of benzodiazepines with no additional fused rings is 1. The molecular weight excluding hydrogens is 395 g/mol. The fraction of sp³-hybridized carbons (Fsp3) is 0.125. The fourth-order valence-electron chi connectivity index (χ4n) is 3.45. The number of fused-ring (bicyclic) bond motifs is 1. The lowest BCUT2D eigenvalue weighted by Gasteiger charge is -2.21. The van der Waals surface area contributed by atoms with Gasteiger partial charge in [-0.2, -0.15) is 0 Å². The minimum atomic E-state index is -1.11. The van der Waals surface area contributed by atoms with E-state index in [-0.39, 0.29) is 18.3 Å². The minimum Gasteiger partial charge on any atom is -0.334 e. The molecule has 6 nitrogen and oxygen atoms in total. The first-order valence-electron chi connectivity index (χ1n) is 9.82. The number of benzene rings is 3. The van der Waals surface area contributed by atoms with Gasteiger partial charge in [0.1, 0.15) is 5.82 Å². The number of hydrogen-bond acceptors (Lipinski definition) is 3. The summed E-state index contributed by atoms with van der Waals surface area (Å²) < 4.78 is 13.3. The van der Waals surface area contributed by atoms with Crippen LogP contribution in [-0.2, 0) is 11.3 Å². The summed E-state index contributed by atoms with van der Waals surface area (Å²) in [5.41, 5.74) is 3.57. The van der Waals surface area contributed by atoms with Crippen molar-refractivity contribution in [1.82, 2.24) is 10.6 Å². The maximum absolute atomic E-state index is 13.3. The molecule has 0 fully saturated rings. The molecule has 1 atom stereocenters. The summed E-state index contributed by atoms with van der Waals surface area (Å²) in [5.74, 6) is -0.741. The number of para-hydroxylation sites is 1. The van der Waals surface area contributed by atoms with E-state index in [1.807, 2.05) is 54.6 Å². The van der Waals surface area contributed by atoms with Crippen LogP contribution in [0.15, 0.2) is 83.9 Å². The summed E-state index contributed by atoms with van der Waals surface area (Å²) in [6, 6.07) is 22.4. The summed E-state index contributed by atoms with van der Waals surface area (Å²) in [4.78, 5) is 31.7. The lowest BCUT2D eigenvalue weighted by Crippen LogP contribution is -2.49. The first-order valence-corrected chi connectivity index (χ1v) is 9.82. The molecule has 0 aromatic heterocycles. The van der Waals surface area contributed by atoms with Crippen LogP contribution < -0.4 is 15.5 Å². The molecule has 1 heterocycles. The fourth-order valence-corrected chi connectivity index (χ4v) is 3.45. The van der Waals surface area contributed by atoms with Gasteiger partial charge in [0.15, 0.2) is 0 Å². The Morgan fingerprint density at radius 3 is 2.55 bits per heavy atom. The van der Waals surface area contributed by atoms with E-state index in [4.69, 9.17) is 0 Å². The second-order valence-corrected chi connectivity index (χ2v) is 7.12. The van der Waals surface area contributed by atoms with Crippen molar-refractivity contribution >= 4 is 23.3 Å². The van der Waals surface area contributed by atoms with Gasteiger partial charge in [0.05, 0.1) is 11.4 Å². The minimum absolute atomic E-state index is 0.121. The molecule has 3 aromatic carbocycles. The highest BCUT2D eigenvalue weighted by atomic mass is 19.1. The van der Waals surface area contributed by atoms with Crippen molar-refractivity contribution in [3.63, 3.8) is 0 Å². The third-order valence-corrected chi connectivity index (χ3v) is 5.00. The van der Waals surface area contributed by atoms with Gasteiger partial charge in [-0.05, 0) is 23.8 Å². The van der Waals surface area contributed by atoms with Crippen LogP contribution in [0.2, 0.25) is 0 Å². The van der Waals surface area contributed by atoms with Gasteiger partial charge in [-0.25, -0.2) is 14.2 Å². The summed E-state index contributed by atoms with van der Waals surface area (Å²) >= 11 is 0. The first kappa shape index (κ1) is 20.3. The van der Waals surface area contributed by atoms with Crippen molar-refractivity contribution in [2.24, 2.45) is 4.99 Å². The number of carbonyl (C=O) groups excluding carboxylic acids is 2. The zero-order valence-corrected chi connectivity index (χ0v) is 16.9. The van der Waals surface area contributed by atoms with Crippen molar-refractivity contribution < 1.29 is 14.0 Å². The highest BCUT2D eigenvalue weighted by molar-refractivity contribution is 6.20. The number of halogens is 1. The SMILES string of the molecule is CN1C(=O)[C@H](NC(=O)NCc2cccc(F)c2)N=C(c2ccccc2)c2ccccc21. The van der Waals surface area contributed by atoms with E-state index >= 15 is 0 Å². The van der Waals surface area contributed by atoms with Gasteiger partial charge in [0.25, 0.3) is 5.91 Å². The molecule has 0 saturated carbocycles. The maximum Gasteiger partial charge on any atom is 0.317 e. The number of anilines is 1. The number of amides is 3. The molecule has 1 aliphatic rings. The van der Waals surface area contributed by atoms with Gasteiger partial charge >= 0.3 is 6.03 Å². The lowest BCUT2D eigenvalue weighted by atomic mass is 10.0. The van der Waals surface area contributed by atoms with Gasteiger partial charge in [0.2, 0.25) is 6.17 Å². The molecule has 4 rings (SSSR count). The van der Waals surface area contributed by atoms with Crippen LogP contribution in [0.25, 0.3) is 0 Å². The Labute approximate surface area is 179 Å². The Kier molecular flexibility index (Phi) is 5.75. The van der Waals surface area contributed by atoms with Gasteiger partial charge < -0.3 is 15.5 Å². The Morgan fingerprint density at radius 1 is 1.03 bits per heavy atom. The number of aliphatic imine (C=N–C) groups is 1. The van der Waals surface area contributed by atoms with Gasteiger partial charge in [-0.15, -0.1) is 0 Å². The van der Waals surface area contributed by atoms with E-state index in [1.54, 1.807) is 19.2 Å². The number of likely N-dealkylation sites (N-methyl/N-ethyl adjacent to an activating group) is 1. The number of urea groups is 1. The molecule has 2 N–H and O–H groups in total. The molecule has 0 saturated heterocycles. The van der Waals surface area contributed by atoms with E-state index in [0.29, 0.717) is 17.0 Å². The largest absolute Gasteiger partial charge is 0.334 e. The first-order chi connectivity index (χ1) is 15.0. The molecule has 3 amide bonds. The number of carbonyl (C=O) groups is 2. The normalized spacial score (nSPS) is 15.5.